The summed E-state index contributed by atoms with van der Waals surface area (Å²) in [5.74, 6) is -1.06. The fourth-order valence-corrected chi connectivity index (χ4v) is 1.73. The molecular weight excluding hydrogens is 231 g/mol. The lowest BCUT2D eigenvalue weighted by Crippen LogP contribution is -2.35. The quantitative estimate of drug-likeness (QED) is 0.845. The van der Waals surface area contributed by atoms with Gasteiger partial charge in [0, 0.05) is 16.6 Å². The Morgan fingerprint density at radius 3 is 2.81 bits per heavy atom. The molecule has 1 atom stereocenters. The summed E-state index contributed by atoms with van der Waals surface area (Å²) in [4.78, 5) is 11.3. The summed E-state index contributed by atoms with van der Waals surface area (Å²) in [7, 11) is 0. The standard InChI is InChI=1S/C11H12ClFN2O/c12-6-1-4-9(13)8(5-6)10(11(14)16)15-7-2-3-7/h1,4-5,7,10,15H,2-3H2,(H2,14,16). The van der Waals surface area contributed by atoms with Crippen LogP contribution in [0.15, 0.2) is 18.2 Å². The van der Waals surface area contributed by atoms with Gasteiger partial charge >= 0.3 is 0 Å². The van der Waals surface area contributed by atoms with Gasteiger partial charge in [-0.2, -0.15) is 0 Å². The van der Waals surface area contributed by atoms with Crippen LogP contribution < -0.4 is 11.1 Å². The van der Waals surface area contributed by atoms with Crippen molar-refractivity contribution in [1.82, 2.24) is 5.32 Å². The van der Waals surface area contributed by atoms with E-state index in [1.165, 1.54) is 18.2 Å². The van der Waals surface area contributed by atoms with E-state index in [2.05, 4.69) is 5.32 Å². The van der Waals surface area contributed by atoms with Crippen molar-refractivity contribution in [1.29, 1.82) is 0 Å². The molecule has 3 nitrogen and oxygen atoms in total. The highest BCUT2D eigenvalue weighted by Crippen LogP contribution is 2.26. The number of benzene rings is 1. The average molecular weight is 243 g/mol. The van der Waals surface area contributed by atoms with E-state index in [0.717, 1.165) is 12.8 Å². The highest BCUT2D eigenvalue weighted by atomic mass is 35.5. The lowest BCUT2D eigenvalue weighted by Gasteiger charge is -2.16. The van der Waals surface area contributed by atoms with Crippen LogP contribution in [0.2, 0.25) is 5.02 Å². The van der Waals surface area contributed by atoms with Crippen molar-refractivity contribution in [3.8, 4) is 0 Å². The summed E-state index contributed by atoms with van der Waals surface area (Å²) in [6, 6.07) is 3.57. The Labute approximate surface area is 97.8 Å². The highest BCUT2D eigenvalue weighted by Gasteiger charge is 2.29. The van der Waals surface area contributed by atoms with E-state index in [1.54, 1.807) is 0 Å². The minimum Gasteiger partial charge on any atom is -0.368 e. The summed E-state index contributed by atoms with van der Waals surface area (Å²) >= 11 is 5.77. The van der Waals surface area contributed by atoms with Gasteiger partial charge in [0.1, 0.15) is 11.9 Å². The Hall–Kier alpha value is -1.13. The van der Waals surface area contributed by atoms with Gasteiger partial charge in [0.2, 0.25) is 5.91 Å². The number of carbonyl (C=O) groups is 1. The topological polar surface area (TPSA) is 55.1 Å². The fourth-order valence-electron chi connectivity index (χ4n) is 1.55. The van der Waals surface area contributed by atoms with Gasteiger partial charge in [0.15, 0.2) is 0 Å². The van der Waals surface area contributed by atoms with Crippen molar-refractivity contribution in [3.63, 3.8) is 0 Å². The van der Waals surface area contributed by atoms with E-state index in [9.17, 15) is 9.18 Å². The molecule has 3 N–H and O–H groups in total. The molecule has 0 spiro atoms. The minimum absolute atomic E-state index is 0.215. The Morgan fingerprint density at radius 1 is 1.56 bits per heavy atom. The molecule has 1 amide bonds. The predicted molar refractivity (Wildman–Crippen MR) is 59.5 cm³/mol. The van der Waals surface area contributed by atoms with Crippen LogP contribution in [-0.2, 0) is 4.79 Å². The highest BCUT2D eigenvalue weighted by molar-refractivity contribution is 6.30. The molecule has 1 aliphatic rings. The molecule has 1 aromatic carbocycles. The Balaban J connectivity index is 2.29. The van der Waals surface area contributed by atoms with Gasteiger partial charge in [-0.15, -0.1) is 0 Å². The number of primary amides is 1. The summed E-state index contributed by atoms with van der Waals surface area (Å²) in [6.07, 6.45) is 1.98. The van der Waals surface area contributed by atoms with Gasteiger partial charge in [-0.25, -0.2) is 4.39 Å². The maximum atomic E-state index is 13.5. The van der Waals surface area contributed by atoms with Crippen LogP contribution in [0.1, 0.15) is 24.4 Å². The second-order valence-electron chi connectivity index (χ2n) is 3.94. The van der Waals surface area contributed by atoms with Crippen molar-refractivity contribution in [3.05, 3.63) is 34.6 Å². The Kier molecular flexibility index (Phi) is 3.12. The van der Waals surface area contributed by atoms with Crippen molar-refractivity contribution in [2.24, 2.45) is 5.73 Å². The molecule has 16 heavy (non-hydrogen) atoms. The van der Waals surface area contributed by atoms with Gasteiger partial charge in [-0.05, 0) is 31.0 Å². The van der Waals surface area contributed by atoms with Crippen LogP contribution in [0.25, 0.3) is 0 Å². The first-order chi connectivity index (χ1) is 7.58. The first-order valence-corrected chi connectivity index (χ1v) is 5.46. The van der Waals surface area contributed by atoms with Gasteiger partial charge in [0.25, 0.3) is 0 Å². The summed E-state index contributed by atoms with van der Waals surface area (Å²) in [6.45, 7) is 0. The third kappa shape index (κ3) is 2.51. The van der Waals surface area contributed by atoms with Crippen LogP contribution in [0.4, 0.5) is 4.39 Å². The third-order valence-electron chi connectivity index (χ3n) is 2.53. The van der Waals surface area contributed by atoms with Gasteiger partial charge in [-0.3, -0.25) is 10.1 Å². The third-order valence-corrected chi connectivity index (χ3v) is 2.77. The van der Waals surface area contributed by atoms with E-state index in [4.69, 9.17) is 17.3 Å². The number of nitrogens with one attached hydrogen (secondary N) is 1. The van der Waals surface area contributed by atoms with Crippen LogP contribution >= 0.6 is 11.6 Å². The molecule has 1 aliphatic carbocycles. The number of carbonyl (C=O) groups excluding carboxylic acids is 1. The Bertz CT molecular complexity index is 420. The van der Waals surface area contributed by atoms with E-state index < -0.39 is 17.8 Å². The first kappa shape index (κ1) is 11.4. The maximum Gasteiger partial charge on any atom is 0.239 e. The SMILES string of the molecule is NC(=O)C(NC1CC1)c1cc(Cl)ccc1F. The fraction of sp³-hybridized carbons (Fsp3) is 0.364. The summed E-state index contributed by atoms with van der Waals surface area (Å²) < 4.78 is 13.5. The molecule has 0 aliphatic heterocycles. The van der Waals surface area contributed by atoms with Gasteiger partial charge in [0.05, 0.1) is 0 Å². The van der Waals surface area contributed by atoms with E-state index in [1.807, 2.05) is 0 Å². The predicted octanol–water partition coefficient (Wildman–Crippen LogP) is 1.76. The first-order valence-electron chi connectivity index (χ1n) is 5.08. The van der Waals surface area contributed by atoms with E-state index in [-0.39, 0.29) is 11.6 Å². The monoisotopic (exact) mass is 242 g/mol. The number of nitrogens with two attached hydrogens (primary N) is 1. The minimum atomic E-state index is -0.800. The summed E-state index contributed by atoms with van der Waals surface area (Å²) in [5.41, 5.74) is 5.47. The normalized spacial score (nSPS) is 17.1. The zero-order valence-corrected chi connectivity index (χ0v) is 9.30. The number of hydrogen-bond acceptors (Lipinski definition) is 2. The number of hydrogen-bond donors (Lipinski definition) is 2. The molecule has 86 valence electrons. The molecule has 0 radical (unpaired) electrons. The van der Waals surface area contributed by atoms with Crippen molar-refractivity contribution in [2.45, 2.75) is 24.9 Å². The van der Waals surface area contributed by atoms with Gasteiger partial charge in [-0.1, -0.05) is 11.6 Å². The van der Waals surface area contributed by atoms with E-state index >= 15 is 0 Å². The lowest BCUT2D eigenvalue weighted by atomic mass is 10.1. The molecule has 0 heterocycles. The second-order valence-corrected chi connectivity index (χ2v) is 4.38. The number of amides is 1. The van der Waals surface area contributed by atoms with Crippen LogP contribution in [0.3, 0.4) is 0 Å². The number of halogens is 2. The van der Waals surface area contributed by atoms with Crippen molar-refractivity contribution >= 4 is 17.5 Å². The van der Waals surface area contributed by atoms with Crippen molar-refractivity contribution in [2.75, 3.05) is 0 Å². The molecule has 0 bridgehead atoms. The molecule has 1 saturated carbocycles. The lowest BCUT2D eigenvalue weighted by molar-refractivity contribution is -0.120. The molecule has 1 fully saturated rings. The molecule has 1 aromatic rings. The summed E-state index contributed by atoms with van der Waals surface area (Å²) in [5, 5.41) is 3.39. The van der Waals surface area contributed by atoms with E-state index in [0.29, 0.717) is 5.02 Å². The average Bonchev–Trinajstić information content (AvgIpc) is 3.02. The van der Waals surface area contributed by atoms with Crippen LogP contribution in [-0.4, -0.2) is 11.9 Å². The molecule has 0 saturated heterocycles. The molecule has 0 aromatic heterocycles. The van der Waals surface area contributed by atoms with Gasteiger partial charge < -0.3 is 5.73 Å². The molecule has 2 rings (SSSR count). The maximum absolute atomic E-state index is 13.5. The smallest absolute Gasteiger partial charge is 0.239 e. The molecule has 5 heteroatoms. The molecule has 1 unspecified atom stereocenters. The zero-order valence-electron chi connectivity index (χ0n) is 8.54. The number of rotatable bonds is 4. The largest absolute Gasteiger partial charge is 0.368 e. The van der Waals surface area contributed by atoms with Crippen LogP contribution in [0.5, 0.6) is 0 Å². The molecular formula is C11H12ClFN2O. The Morgan fingerprint density at radius 2 is 2.25 bits per heavy atom. The zero-order chi connectivity index (χ0) is 11.7. The van der Waals surface area contributed by atoms with Crippen LogP contribution in [0, 0.1) is 5.82 Å². The second kappa shape index (κ2) is 4.39. The van der Waals surface area contributed by atoms with Crippen molar-refractivity contribution < 1.29 is 9.18 Å².